The molecule has 0 bridgehead atoms. The van der Waals surface area contributed by atoms with Crippen molar-refractivity contribution >= 4 is 0 Å². The number of rotatable bonds is 9. The molecule has 0 saturated heterocycles. The molecule has 1 aromatic rings. The van der Waals surface area contributed by atoms with E-state index in [1.807, 2.05) is 0 Å². The van der Waals surface area contributed by atoms with E-state index in [0.29, 0.717) is 0 Å². The van der Waals surface area contributed by atoms with Crippen LogP contribution in [0.15, 0.2) is 30.4 Å². The Hall–Kier alpha value is -1.18. The van der Waals surface area contributed by atoms with Crippen LogP contribution >= 0.6 is 0 Å². The third kappa shape index (κ3) is 7.66. The molecule has 3 fully saturated rings. The minimum Gasteiger partial charge on any atom is -0.204 e. The highest BCUT2D eigenvalue weighted by Gasteiger charge is 2.30. The van der Waals surface area contributed by atoms with Gasteiger partial charge in [-0.15, -0.1) is 0 Å². The van der Waals surface area contributed by atoms with E-state index in [2.05, 4.69) is 19.1 Å². The van der Waals surface area contributed by atoms with Crippen LogP contribution in [0.4, 0.5) is 8.78 Å². The van der Waals surface area contributed by atoms with Crippen molar-refractivity contribution in [1.82, 2.24) is 0 Å². The predicted octanol–water partition coefficient (Wildman–Crippen LogP) is 10.1. The highest BCUT2D eigenvalue weighted by molar-refractivity contribution is 5.18. The van der Waals surface area contributed by atoms with E-state index in [1.54, 1.807) is 6.07 Å². The van der Waals surface area contributed by atoms with E-state index >= 15 is 0 Å². The molecule has 2 heteroatoms. The second-order valence-electron chi connectivity index (χ2n) is 12.1. The lowest BCUT2D eigenvalue weighted by atomic mass is 9.68. The number of hydrogen-bond donors (Lipinski definition) is 0. The van der Waals surface area contributed by atoms with Gasteiger partial charge in [0.05, 0.1) is 0 Å². The van der Waals surface area contributed by atoms with Gasteiger partial charge in [-0.2, -0.15) is 0 Å². The van der Waals surface area contributed by atoms with Crippen molar-refractivity contribution in [2.45, 2.75) is 116 Å². The maximum absolute atomic E-state index is 13.4. The molecule has 0 N–H and O–H groups in total. The Morgan fingerprint density at radius 2 is 1.21 bits per heavy atom. The monoisotopic (exact) mass is 470 g/mol. The van der Waals surface area contributed by atoms with Crippen LogP contribution in [-0.2, 0) is 6.42 Å². The first-order valence-corrected chi connectivity index (χ1v) is 14.7. The second-order valence-corrected chi connectivity index (χ2v) is 12.1. The molecular formula is C32H48F2. The number of unbranched alkanes of at least 4 members (excludes halogenated alkanes) is 1. The fourth-order valence-electron chi connectivity index (χ4n) is 7.30. The van der Waals surface area contributed by atoms with Gasteiger partial charge in [-0.05, 0) is 130 Å². The number of hydrogen-bond acceptors (Lipinski definition) is 0. The summed E-state index contributed by atoms with van der Waals surface area (Å²) >= 11 is 0. The molecule has 0 amide bonds. The van der Waals surface area contributed by atoms with Gasteiger partial charge in [0, 0.05) is 0 Å². The molecular weight excluding hydrogens is 422 g/mol. The fraction of sp³-hybridized carbons (Fsp3) is 0.750. The van der Waals surface area contributed by atoms with E-state index in [9.17, 15) is 8.78 Å². The molecule has 0 atom stereocenters. The van der Waals surface area contributed by atoms with Gasteiger partial charge in [-0.25, -0.2) is 8.78 Å². The third-order valence-electron chi connectivity index (χ3n) is 9.71. The van der Waals surface area contributed by atoms with Gasteiger partial charge in [0.1, 0.15) is 0 Å². The Bertz CT molecular complexity index is 744. The van der Waals surface area contributed by atoms with Crippen LogP contribution in [0.25, 0.3) is 0 Å². The number of aryl methyl sites for hydroxylation is 1. The zero-order valence-electron chi connectivity index (χ0n) is 21.6. The van der Waals surface area contributed by atoms with Crippen LogP contribution in [0, 0.1) is 47.1 Å². The second kappa shape index (κ2) is 13.2. The van der Waals surface area contributed by atoms with Crippen LogP contribution in [0.2, 0.25) is 0 Å². The summed E-state index contributed by atoms with van der Waals surface area (Å²) < 4.78 is 26.5. The Balaban J connectivity index is 1.10. The molecule has 0 aliphatic heterocycles. The number of allylic oxidation sites excluding steroid dienone is 2. The van der Waals surface area contributed by atoms with Crippen molar-refractivity contribution < 1.29 is 8.78 Å². The Morgan fingerprint density at radius 1 is 0.676 bits per heavy atom. The largest absolute Gasteiger partial charge is 0.204 e. The summed E-state index contributed by atoms with van der Waals surface area (Å²) in [7, 11) is 0. The van der Waals surface area contributed by atoms with Crippen LogP contribution in [0.3, 0.4) is 0 Å². The molecule has 3 aliphatic rings. The molecule has 4 rings (SSSR count). The predicted molar refractivity (Wildman–Crippen MR) is 140 cm³/mol. The van der Waals surface area contributed by atoms with Crippen molar-refractivity contribution in [3.8, 4) is 0 Å². The molecule has 0 spiro atoms. The molecule has 3 aliphatic carbocycles. The number of benzene rings is 1. The van der Waals surface area contributed by atoms with Crippen LogP contribution in [0.1, 0.15) is 115 Å². The average Bonchev–Trinajstić information content (AvgIpc) is 2.88. The molecule has 1 aromatic carbocycles. The maximum Gasteiger partial charge on any atom is 0.159 e. The van der Waals surface area contributed by atoms with Crippen LogP contribution in [0.5, 0.6) is 0 Å². The van der Waals surface area contributed by atoms with Gasteiger partial charge >= 0.3 is 0 Å². The van der Waals surface area contributed by atoms with Crippen molar-refractivity contribution in [3.05, 3.63) is 47.5 Å². The van der Waals surface area contributed by atoms with E-state index in [-0.39, 0.29) is 0 Å². The SMILES string of the molecule is CCCCC1CCC(C2CCC(/C=C/C3CCC(CCc4ccc(F)c(F)c4)CC3)CC2)CC1. The quantitative estimate of drug-likeness (QED) is 0.315. The minimum atomic E-state index is -0.741. The molecule has 0 unspecified atom stereocenters. The summed E-state index contributed by atoms with van der Waals surface area (Å²) in [5.41, 5.74) is 0.932. The van der Waals surface area contributed by atoms with Gasteiger partial charge in [0.15, 0.2) is 11.6 Å². The standard InChI is InChI=1S/C32H48F2/c1-2-3-4-24-13-18-29(19-14-24)30-20-15-27(16-21-30)10-9-25-5-7-26(8-6-25)11-12-28-17-22-31(33)32(34)23-28/h9-10,17,22-27,29-30H,2-8,11-16,18-21H2,1H3/b10-9+. The lowest BCUT2D eigenvalue weighted by Gasteiger charge is -2.37. The smallest absolute Gasteiger partial charge is 0.159 e. The van der Waals surface area contributed by atoms with E-state index in [0.717, 1.165) is 53.9 Å². The summed E-state index contributed by atoms with van der Waals surface area (Å²) in [6.45, 7) is 2.33. The first-order valence-electron chi connectivity index (χ1n) is 14.7. The summed E-state index contributed by atoms with van der Waals surface area (Å²) in [4.78, 5) is 0. The van der Waals surface area contributed by atoms with Crippen LogP contribution in [-0.4, -0.2) is 0 Å². The molecule has 0 radical (unpaired) electrons. The molecule has 190 valence electrons. The average molecular weight is 471 g/mol. The zero-order chi connectivity index (χ0) is 23.8. The zero-order valence-corrected chi connectivity index (χ0v) is 21.6. The topological polar surface area (TPSA) is 0 Å². The third-order valence-corrected chi connectivity index (χ3v) is 9.71. The summed E-state index contributed by atoms with van der Waals surface area (Å²) in [6.07, 6.45) is 28.4. The Kier molecular flexibility index (Phi) is 10.1. The Labute approximate surface area is 208 Å². The van der Waals surface area contributed by atoms with E-state index in [4.69, 9.17) is 0 Å². The normalized spacial score (nSPS) is 32.8. The number of halogens is 2. The van der Waals surface area contributed by atoms with Crippen molar-refractivity contribution in [1.29, 1.82) is 0 Å². The van der Waals surface area contributed by atoms with Crippen molar-refractivity contribution in [2.75, 3.05) is 0 Å². The van der Waals surface area contributed by atoms with Crippen molar-refractivity contribution in [2.24, 2.45) is 35.5 Å². The van der Waals surface area contributed by atoms with Gasteiger partial charge in [0.2, 0.25) is 0 Å². The van der Waals surface area contributed by atoms with E-state index < -0.39 is 11.6 Å². The first-order chi connectivity index (χ1) is 16.6. The minimum absolute atomic E-state index is 0.713. The van der Waals surface area contributed by atoms with Gasteiger partial charge < -0.3 is 0 Å². The maximum atomic E-state index is 13.4. The summed E-state index contributed by atoms with van der Waals surface area (Å²) in [6, 6.07) is 4.37. The van der Waals surface area contributed by atoms with Gasteiger partial charge in [-0.1, -0.05) is 57.2 Å². The lowest BCUT2D eigenvalue weighted by Crippen LogP contribution is -2.25. The van der Waals surface area contributed by atoms with Gasteiger partial charge in [-0.3, -0.25) is 0 Å². The molecule has 0 heterocycles. The van der Waals surface area contributed by atoms with Crippen LogP contribution < -0.4 is 0 Å². The Morgan fingerprint density at radius 3 is 1.79 bits per heavy atom. The first kappa shape index (κ1) is 25.9. The fourth-order valence-corrected chi connectivity index (χ4v) is 7.30. The molecule has 0 nitrogen and oxygen atoms in total. The molecule has 34 heavy (non-hydrogen) atoms. The lowest BCUT2D eigenvalue weighted by molar-refractivity contribution is 0.151. The summed E-state index contributed by atoms with van der Waals surface area (Å²) in [5, 5.41) is 0. The molecule has 0 aromatic heterocycles. The highest BCUT2D eigenvalue weighted by Crippen LogP contribution is 2.43. The van der Waals surface area contributed by atoms with Gasteiger partial charge in [0.25, 0.3) is 0 Å². The van der Waals surface area contributed by atoms with Crippen molar-refractivity contribution in [3.63, 3.8) is 0 Å². The summed E-state index contributed by atoms with van der Waals surface area (Å²) in [5.74, 6) is 3.96. The van der Waals surface area contributed by atoms with E-state index in [1.165, 1.54) is 108 Å². The highest BCUT2D eigenvalue weighted by atomic mass is 19.2. The molecule has 3 saturated carbocycles.